The highest BCUT2D eigenvalue weighted by molar-refractivity contribution is 6.34. The van der Waals surface area contributed by atoms with Crippen molar-refractivity contribution in [2.75, 3.05) is 19.4 Å². The van der Waals surface area contributed by atoms with Crippen molar-refractivity contribution in [3.05, 3.63) is 28.8 Å². The number of nitrogens with zero attached hydrogens (tertiary/aromatic N) is 2. The standard InChI is InChI=1S/C11H16ClN5O.ClH/c1-7-5-4-6-8(12)9(7)14-11(18)15-10(13)16-17(2)3;/h4-6H,1-3H3,(H4,13,14,15,16,18);1H. The van der Waals surface area contributed by atoms with Crippen LogP contribution in [0.3, 0.4) is 0 Å². The lowest BCUT2D eigenvalue weighted by atomic mass is 10.2. The molecule has 0 heterocycles. The van der Waals surface area contributed by atoms with Crippen LogP contribution in [0.2, 0.25) is 5.02 Å². The molecule has 1 rings (SSSR count). The zero-order valence-corrected chi connectivity index (χ0v) is 12.5. The van der Waals surface area contributed by atoms with Gasteiger partial charge in [-0.05, 0) is 18.6 Å². The van der Waals surface area contributed by atoms with Crippen molar-refractivity contribution in [2.45, 2.75) is 6.92 Å². The average Bonchev–Trinajstić information content (AvgIpc) is 2.22. The maximum atomic E-state index is 11.6. The van der Waals surface area contributed by atoms with Gasteiger partial charge in [-0.2, -0.15) is 0 Å². The topological polar surface area (TPSA) is 82.8 Å². The summed E-state index contributed by atoms with van der Waals surface area (Å²) in [4.78, 5) is 11.6. The molecule has 0 saturated heterocycles. The summed E-state index contributed by atoms with van der Waals surface area (Å²) in [6.45, 7) is 1.85. The number of rotatable bonds is 2. The predicted octanol–water partition coefficient (Wildman–Crippen LogP) is 1.98. The highest BCUT2D eigenvalue weighted by Gasteiger charge is 2.08. The second kappa shape index (κ2) is 7.70. The van der Waals surface area contributed by atoms with E-state index in [0.29, 0.717) is 10.7 Å². The number of benzene rings is 1. The number of halogens is 2. The number of para-hydroxylation sites is 1. The second-order valence-corrected chi connectivity index (χ2v) is 4.25. The largest absolute Gasteiger partial charge is 0.368 e. The lowest BCUT2D eigenvalue weighted by Gasteiger charge is -2.12. The molecule has 0 radical (unpaired) electrons. The summed E-state index contributed by atoms with van der Waals surface area (Å²) in [7, 11) is 3.40. The second-order valence-electron chi connectivity index (χ2n) is 3.84. The van der Waals surface area contributed by atoms with Crippen LogP contribution in [0.4, 0.5) is 10.5 Å². The van der Waals surface area contributed by atoms with E-state index >= 15 is 0 Å². The molecule has 0 unspecified atom stereocenters. The normalized spacial score (nSPS) is 10.4. The van der Waals surface area contributed by atoms with Gasteiger partial charge in [-0.25, -0.2) is 4.79 Å². The SMILES string of the molecule is Cc1cccc(Cl)c1NC(=O)N/C(N)=N\N(C)C.Cl. The van der Waals surface area contributed by atoms with Crippen LogP contribution in [-0.2, 0) is 0 Å². The van der Waals surface area contributed by atoms with Crippen molar-refractivity contribution >= 4 is 41.7 Å². The number of urea groups is 1. The Hall–Kier alpha value is -1.66. The van der Waals surface area contributed by atoms with Crippen LogP contribution in [0.1, 0.15) is 5.56 Å². The molecule has 0 aliphatic heterocycles. The number of nitrogens with one attached hydrogen (secondary N) is 2. The van der Waals surface area contributed by atoms with E-state index in [1.165, 1.54) is 5.01 Å². The van der Waals surface area contributed by atoms with E-state index in [4.69, 9.17) is 17.3 Å². The van der Waals surface area contributed by atoms with E-state index in [0.717, 1.165) is 5.56 Å². The van der Waals surface area contributed by atoms with Crippen molar-refractivity contribution in [2.24, 2.45) is 10.8 Å². The van der Waals surface area contributed by atoms with Gasteiger partial charge in [-0.3, -0.25) is 10.3 Å². The first-order chi connectivity index (χ1) is 8.40. The number of hydrogen-bond donors (Lipinski definition) is 3. The summed E-state index contributed by atoms with van der Waals surface area (Å²) in [6.07, 6.45) is 0. The third-order valence-corrected chi connectivity index (χ3v) is 2.32. The number of anilines is 1. The van der Waals surface area contributed by atoms with E-state index in [-0.39, 0.29) is 18.4 Å². The van der Waals surface area contributed by atoms with Gasteiger partial charge in [0, 0.05) is 14.1 Å². The fourth-order valence-electron chi connectivity index (χ4n) is 1.29. The zero-order valence-electron chi connectivity index (χ0n) is 10.9. The molecule has 0 spiro atoms. The third kappa shape index (κ3) is 5.67. The smallest absolute Gasteiger partial charge is 0.326 e. The number of hydrazone groups is 1. The highest BCUT2D eigenvalue weighted by atomic mass is 35.5. The van der Waals surface area contributed by atoms with Gasteiger partial charge in [0.05, 0.1) is 10.7 Å². The van der Waals surface area contributed by atoms with Crippen molar-refractivity contribution in [1.82, 2.24) is 10.3 Å². The number of carbonyl (C=O) groups is 1. The van der Waals surface area contributed by atoms with E-state index < -0.39 is 6.03 Å². The number of aryl methyl sites for hydroxylation is 1. The van der Waals surface area contributed by atoms with Crippen molar-refractivity contribution < 1.29 is 4.79 Å². The number of hydrogen-bond acceptors (Lipinski definition) is 3. The molecule has 0 aliphatic rings. The quantitative estimate of drug-likeness (QED) is 0.444. The summed E-state index contributed by atoms with van der Waals surface area (Å²) < 4.78 is 0. The molecule has 0 aromatic heterocycles. The summed E-state index contributed by atoms with van der Waals surface area (Å²) in [6, 6.07) is 4.86. The van der Waals surface area contributed by atoms with Gasteiger partial charge < -0.3 is 11.1 Å². The lowest BCUT2D eigenvalue weighted by Crippen LogP contribution is -2.40. The highest BCUT2D eigenvalue weighted by Crippen LogP contribution is 2.24. The van der Waals surface area contributed by atoms with Gasteiger partial charge in [0.2, 0.25) is 5.96 Å². The third-order valence-electron chi connectivity index (χ3n) is 2.01. The first-order valence-electron chi connectivity index (χ1n) is 5.24. The Morgan fingerprint density at radius 1 is 1.42 bits per heavy atom. The molecule has 4 N–H and O–H groups in total. The van der Waals surface area contributed by atoms with Gasteiger partial charge in [-0.15, -0.1) is 17.5 Å². The fourth-order valence-corrected chi connectivity index (χ4v) is 1.56. The Labute approximate surface area is 123 Å². The van der Waals surface area contributed by atoms with E-state index in [1.54, 1.807) is 20.2 Å². The molecule has 19 heavy (non-hydrogen) atoms. The van der Waals surface area contributed by atoms with E-state index in [9.17, 15) is 4.79 Å². The molecule has 0 saturated carbocycles. The molecule has 0 aliphatic carbocycles. The average molecular weight is 306 g/mol. The minimum absolute atomic E-state index is 0. The summed E-state index contributed by atoms with van der Waals surface area (Å²) >= 11 is 5.98. The molecule has 1 aromatic rings. The first-order valence-corrected chi connectivity index (χ1v) is 5.62. The molecule has 6 nitrogen and oxygen atoms in total. The Morgan fingerprint density at radius 2 is 2.05 bits per heavy atom. The van der Waals surface area contributed by atoms with Crippen LogP contribution < -0.4 is 16.4 Å². The van der Waals surface area contributed by atoms with E-state index in [2.05, 4.69) is 15.7 Å². The number of amides is 2. The molecule has 2 amide bonds. The van der Waals surface area contributed by atoms with Crippen LogP contribution in [0.5, 0.6) is 0 Å². The lowest BCUT2D eigenvalue weighted by molar-refractivity contribution is 0.256. The molecule has 8 heteroatoms. The van der Waals surface area contributed by atoms with Crippen LogP contribution in [0, 0.1) is 6.92 Å². The molecule has 0 atom stereocenters. The molecule has 0 fully saturated rings. The van der Waals surface area contributed by atoms with Gasteiger partial charge in [-0.1, -0.05) is 23.7 Å². The zero-order chi connectivity index (χ0) is 13.7. The number of carbonyl (C=O) groups excluding carboxylic acids is 1. The molecule has 1 aromatic carbocycles. The fraction of sp³-hybridized carbons (Fsp3) is 0.273. The Kier molecular flexibility index (Phi) is 7.03. The van der Waals surface area contributed by atoms with Crippen LogP contribution in [0.25, 0.3) is 0 Å². The van der Waals surface area contributed by atoms with Crippen LogP contribution in [0.15, 0.2) is 23.3 Å². The van der Waals surface area contributed by atoms with Crippen molar-refractivity contribution in [1.29, 1.82) is 0 Å². The Balaban J connectivity index is 0.00000324. The van der Waals surface area contributed by atoms with Crippen LogP contribution >= 0.6 is 24.0 Å². The van der Waals surface area contributed by atoms with Crippen molar-refractivity contribution in [3.8, 4) is 0 Å². The van der Waals surface area contributed by atoms with E-state index in [1.807, 2.05) is 19.1 Å². The predicted molar refractivity (Wildman–Crippen MR) is 80.9 cm³/mol. The monoisotopic (exact) mass is 305 g/mol. The van der Waals surface area contributed by atoms with Gasteiger partial charge >= 0.3 is 6.03 Å². The number of nitrogens with two attached hydrogens (primary N) is 1. The molecular weight excluding hydrogens is 289 g/mol. The van der Waals surface area contributed by atoms with Gasteiger partial charge in [0.25, 0.3) is 0 Å². The summed E-state index contributed by atoms with van der Waals surface area (Å²) in [5, 5.41) is 10.8. The molecular formula is C11H17Cl2N5O. The molecule has 106 valence electrons. The van der Waals surface area contributed by atoms with Crippen LogP contribution in [-0.4, -0.2) is 31.1 Å². The first kappa shape index (κ1) is 17.3. The minimum Gasteiger partial charge on any atom is -0.368 e. The number of guanidine groups is 1. The summed E-state index contributed by atoms with van der Waals surface area (Å²) in [5.74, 6) is 0.00204. The molecule has 0 bridgehead atoms. The van der Waals surface area contributed by atoms with Crippen molar-refractivity contribution in [3.63, 3.8) is 0 Å². The summed E-state index contributed by atoms with van der Waals surface area (Å²) in [5.41, 5.74) is 6.92. The van der Waals surface area contributed by atoms with Gasteiger partial charge in [0.1, 0.15) is 0 Å². The minimum atomic E-state index is -0.491. The Bertz CT molecular complexity index is 456. The maximum absolute atomic E-state index is 11.6. The van der Waals surface area contributed by atoms with Gasteiger partial charge in [0.15, 0.2) is 0 Å². The Morgan fingerprint density at radius 3 is 2.58 bits per heavy atom. The maximum Gasteiger partial charge on any atom is 0.326 e.